The molecule has 1 N–H and O–H groups in total. The summed E-state index contributed by atoms with van der Waals surface area (Å²) in [5.41, 5.74) is 2.98. The Morgan fingerprint density at radius 3 is 2.48 bits per heavy atom. The lowest BCUT2D eigenvalue weighted by atomic mass is 10.1. The molecule has 0 atom stereocenters. The molecule has 2 aromatic carbocycles. The molecule has 0 saturated carbocycles. The summed E-state index contributed by atoms with van der Waals surface area (Å²) in [5, 5.41) is 3.59. The van der Waals surface area contributed by atoms with Gasteiger partial charge in [-0.05, 0) is 61.2 Å². The molecule has 0 bridgehead atoms. The van der Waals surface area contributed by atoms with E-state index in [1.54, 1.807) is 0 Å². The van der Waals surface area contributed by atoms with Gasteiger partial charge in [0.1, 0.15) is 0 Å². The van der Waals surface area contributed by atoms with Gasteiger partial charge in [0.2, 0.25) is 5.91 Å². The molecule has 4 heteroatoms. The number of rotatable bonds is 4. The Morgan fingerprint density at radius 1 is 1.04 bits per heavy atom. The van der Waals surface area contributed by atoms with E-state index in [9.17, 15) is 4.79 Å². The zero-order valence-corrected chi connectivity index (χ0v) is 13.9. The second-order valence-corrected chi connectivity index (χ2v) is 6.39. The van der Waals surface area contributed by atoms with Gasteiger partial charge < -0.3 is 10.2 Å². The summed E-state index contributed by atoms with van der Waals surface area (Å²) in [6, 6.07) is 15.5. The van der Waals surface area contributed by atoms with E-state index in [2.05, 4.69) is 22.3 Å². The molecule has 1 amide bonds. The molecular weight excluding hydrogens is 308 g/mol. The van der Waals surface area contributed by atoms with E-state index in [1.807, 2.05) is 36.4 Å². The molecule has 1 heterocycles. The number of hydrogen-bond acceptors (Lipinski definition) is 2. The fourth-order valence-corrected chi connectivity index (χ4v) is 3.16. The van der Waals surface area contributed by atoms with Gasteiger partial charge >= 0.3 is 0 Å². The number of halogens is 1. The summed E-state index contributed by atoms with van der Waals surface area (Å²) < 4.78 is 0. The molecule has 1 aliphatic heterocycles. The Hall–Kier alpha value is -2.00. The molecule has 1 fully saturated rings. The van der Waals surface area contributed by atoms with Crippen molar-refractivity contribution in [2.45, 2.75) is 25.7 Å². The van der Waals surface area contributed by atoms with Crippen LogP contribution in [0.25, 0.3) is 0 Å². The molecule has 3 rings (SSSR count). The first kappa shape index (κ1) is 15.9. The van der Waals surface area contributed by atoms with Crippen LogP contribution in [0.1, 0.15) is 24.8 Å². The first-order valence-electron chi connectivity index (χ1n) is 8.10. The SMILES string of the molecule is O=C(Cc1cccc(Cl)c1)Nc1ccc(N2CCCCC2)cc1. The Morgan fingerprint density at radius 2 is 1.78 bits per heavy atom. The molecule has 1 saturated heterocycles. The fraction of sp³-hybridized carbons (Fsp3) is 0.316. The van der Waals surface area contributed by atoms with E-state index >= 15 is 0 Å². The Kier molecular flexibility index (Phi) is 5.19. The average Bonchev–Trinajstić information content (AvgIpc) is 2.56. The number of hydrogen-bond donors (Lipinski definition) is 1. The van der Waals surface area contributed by atoms with Gasteiger partial charge in [-0.3, -0.25) is 4.79 Å². The number of carbonyl (C=O) groups excluding carboxylic acids is 1. The number of anilines is 2. The van der Waals surface area contributed by atoms with E-state index in [1.165, 1.54) is 24.9 Å². The molecule has 120 valence electrons. The predicted octanol–water partition coefficient (Wildman–Crippen LogP) is 4.51. The van der Waals surface area contributed by atoms with Crippen LogP contribution in [0.2, 0.25) is 5.02 Å². The van der Waals surface area contributed by atoms with Crippen molar-refractivity contribution in [1.82, 2.24) is 0 Å². The first-order chi connectivity index (χ1) is 11.2. The molecular formula is C19H21ClN2O. The molecule has 0 aromatic heterocycles. The number of benzene rings is 2. The summed E-state index contributed by atoms with van der Waals surface area (Å²) in [6.45, 7) is 2.25. The Bertz CT molecular complexity index is 663. The lowest BCUT2D eigenvalue weighted by molar-refractivity contribution is -0.115. The Balaban J connectivity index is 1.58. The minimum absolute atomic E-state index is 0.0296. The van der Waals surface area contributed by atoms with Crippen LogP contribution in [0.3, 0.4) is 0 Å². The Labute approximate surface area is 142 Å². The maximum absolute atomic E-state index is 12.1. The van der Waals surface area contributed by atoms with Crippen LogP contribution in [0.15, 0.2) is 48.5 Å². The monoisotopic (exact) mass is 328 g/mol. The summed E-state index contributed by atoms with van der Waals surface area (Å²) >= 11 is 5.94. The van der Waals surface area contributed by atoms with Crippen molar-refractivity contribution in [1.29, 1.82) is 0 Å². The summed E-state index contributed by atoms with van der Waals surface area (Å²) in [4.78, 5) is 14.5. The van der Waals surface area contributed by atoms with Crippen molar-refractivity contribution >= 4 is 28.9 Å². The van der Waals surface area contributed by atoms with Crippen molar-refractivity contribution in [3.8, 4) is 0 Å². The van der Waals surface area contributed by atoms with Gasteiger partial charge in [0.25, 0.3) is 0 Å². The molecule has 23 heavy (non-hydrogen) atoms. The number of carbonyl (C=O) groups is 1. The van der Waals surface area contributed by atoms with E-state index in [0.717, 1.165) is 24.3 Å². The van der Waals surface area contributed by atoms with Gasteiger partial charge in [-0.1, -0.05) is 23.7 Å². The zero-order valence-electron chi connectivity index (χ0n) is 13.1. The largest absolute Gasteiger partial charge is 0.372 e. The average molecular weight is 329 g/mol. The summed E-state index contributed by atoms with van der Waals surface area (Å²) in [6.07, 6.45) is 4.18. The summed E-state index contributed by atoms with van der Waals surface area (Å²) in [7, 11) is 0. The molecule has 3 nitrogen and oxygen atoms in total. The third-order valence-electron chi connectivity index (χ3n) is 4.13. The van der Waals surface area contributed by atoms with Crippen LogP contribution in [0, 0.1) is 0 Å². The minimum atomic E-state index is -0.0296. The van der Waals surface area contributed by atoms with Crippen LogP contribution < -0.4 is 10.2 Å². The first-order valence-corrected chi connectivity index (χ1v) is 8.48. The third-order valence-corrected chi connectivity index (χ3v) is 4.36. The molecule has 0 aliphatic carbocycles. The van der Waals surface area contributed by atoms with Gasteiger partial charge in [-0.15, -0.1) is 0 Å². The number of nitrogens with zero attached hydrogens (tertiary/aromatic N) is 1. The topological polar surface area (TPSA) is 32.3 Å². The maximum atomic E-state index is 12.1. The number of amides is 1. The van der Waals surface area contributed by atoms with Crippen LogP contribution in [-0.2, 0) is 11.2 Å². The normalized spacial score (nSPS) is 14.6. The van der Waals surface area contributed by atoms with Gasteiger partial charge in [0, 0.05) is 29.5 Å². The highest BCUT2D eigenvalue weighted by atomic mass is 35.5. The molecule has 2 aromatic rings. The van der Waals surface area contributed by atoms with Crippen molar-refractivity contribution in [3.63, 3.8) is 0 Å². The smallest absolute Gasteiger partial charge is 0.228 e. The van der Waals surface area contributed by atoms with Gasteiger partial charge in [-0.25, -0.2) is 0 Å². The second-order valence-electron chi connectivity index (χ2n) is 5.95. The maximum Gasteiger partial charge on any atom is 0.228 e. The molecule has 0 radical (unpaired) electrons. The summed E-state index contributed by atoms with van der Waals surface area (Å²) in [5.74, 6) is -0.0296. The lowest BCUT2D eigenvalue weighted by Crippen LogP contribution is -2.29. The lowest BCUT2D eigenvalue weighted by Gasteiger charge is -2.28. The van der Waals surface area contributed by atoms with E-state index in [0.29, 0.717) is 11.4 Å². The van der Waals surface area contributed by atoms with E-state index < -0.39 is 0 Å². The van der Waals surface area contributed by atoms with Crippen molar-refractivity contribution in [2.75, 3.05) is 23.3 Å². The quantitative estimate of drug-likeness (QED) is 0.895. The van der Waals surface area contributed by atoms with Crippen molar-refractivity contribution in [3.05, 3.63) is 59.1 Å². The van der Waals surface area contributed by atoms with Crippen LogP contribution in [-0.4, -0.2) is 19.0 Å². The van der Waals surface area contributed by atoms with Gasteiger partial charge in [0.05, 0.1) is 6.42 Å². The predicted molar refractivity (Wildman–Crippen MR) is 96.3 cm³/mol. The fourth-order valence-electron chi connectivity index (χ4n) is 2.95. The highest BCUT2D eigenvalue weighted by Crippen LogP contribution is 2.22. The third kappa shape index (κ3) is 4.49. The molecule has 1 aliphatic rings. The van der Waals surface area contributed by atoms with Crippen LogP contribution in [0.5, 0.6) is 0 Å². The second kappa shape index (κ2) is 7.51. The standard InChI is InChI=1S/C19H21ClN2O/c20-16-6-4-5-15(13-16)14-19(23)21-17-7-9-18(10-8-17)22-11-2-1-3-12-22/h4-10,13H,1-3,11-12,14H2,(H,21,23). The number of nitrogens with one attached hydrogen (secondary N) is 1. The van der Waals surface area contributed by atoms with E-state index in [-0.39, 0.29) is 5.91 Å². The van der Waals surface area contributed by atoms with Crippen molar-refractivity contribution < 1.29 is 4.79 Å². The van der Waals surface area contributed by atoms with Crippen LogP contribution in [0.4, 0.5) is 11.4 Å². The van der Waals surface area contributed by atoms with Crippen LogP contribution >= 0.6 is 11.6 Å². The number of piperidine rings is 1. The zero-order chi connectivity index (χ0) is 16.1. The highest BCUT2D eigenvalue weighted by Gasteiger charge is 2.11. The van der Waals surface area contributed by atoms with E-state index in [4.69, 9.17) is 11.6 Å². The highest BCUT2D eigenvalue weighted by molar-refractivity contribution is 6.30. The molecule has 0 unspecified atom stereocenters. The van der Waals surface area contributed by atoms with Gasteiger partial charge in [0.15, 0.2) is 0 Å². The van der Waals surface area contributed by atoms with Gasteiger partial charge in [-0.2, -0.15) is 0 Å². The molecule has 0 spiro atoms. The van der Waals surface area contributed by atoms with Crippen molar-refractivity contribution in [2.24, 2.45) is 0 Å². The minimum Gasteiger partial charge on any atom is -0.372 e.